The lowest BCUT2D eigenvalue weighted by molar-refractivity contribution is 0.265. The molecule has 2 nitrogen and oxygen atoms in total. The third kappa shape index (κ3) is 3.31. The fraction of sp³-hybridized carbons (Fsp3) is 0.571. The molecule has 1 aliphatic heterocycles. The van der Waals surface area contributed by atoms with E-state index in [1.807, 2.05) is 13.1 Å². The number of likely N-dealkylation sites (tertiary alicyclic amines) is 1. The molecule has 2 rings (SSSR count). The molecule has 0 spiro atoms. The minimum atomic E-state index is -0.188. The van der Waals surface area contributed by atoms with Gasteiger partial charge in [0.25, 0.3) is 0 Å². The number of rotatable bonds is 4. The van der Waals surface area contributed by atoms with Crippen molar-refractivity contribution in [2.45, 2.75) is 19.9 Å². The van der Waals surface area contributed by atoms with Gasteiger partial charge in [-0.3, -0.25) is 4.90 Å². The number of nitrogens with zero attached hydrogens (tertiary/aromatic N) is 1. The lowest BCUT2D eigenvalue weighted by Gasteiger charge is -2.24. The van der Waals surface area contributed by atoms with Crippen LogP contribution in [0.2, 0.25) is 0 Å². The molecule has 0 radical (unpaired) electrons. The summed E-state index contributed by atoms with van der Waals surface area (Å²) in [6.45, 7) is 6.47. The maximum Gasteiger partial charge on any atom is 0.124 e. The van der Waals surface area contributed by atoms with E-state index in [-0.39, 0.29) is 5.82 Å². The highest BCUT2D eigenvalue weighted by Crippen LogP contribution is 2.31. The Morgan fingerprint density at radius 3 is 2.94 bits per heavy atom. The number of hydrogen-bond acceptors (Lipinski definition) is 2. The third-order valence-corrected chi connectivity index (χ3v) is 4.39. The van der Waals surface area contributed by atoms with Crippen molar-refractivity contribution in [3.05, 3.63) is 34.1 Å². The molecule has 1 aromatic carbocycles. The van der Waals surface area contributed by atoms with Crippen LogP contribution >= 0.6 is 15.9 Å². The van der Waals surface area contributed by atoms with Crippen molar-refractivity contribution in [3.63, 3.8) is 0 Å². The first kappa shape index (κ1) is 14.0. The first-order chi connectivity index (χ1) is 8.52. The zero-order chi connectivity index (χ0) is 13.2. The Morgan fingerprint density at radius 2 is 2.28 bits per heavy atom. The Bertz CT molecular complexity index is 424. The molecule has 100 valence electrons. The number of halogens is 2. The van der Waals surface area contributed by atoms with E-state index in [0.717, 1.165) is 36.2 Å². The van der Waals surface area contributed by atoms with Gasteiger partial charge < -0.3 is 5.32 Å². The quantitative estimate of drug-likeness (QED) is 0.919. The second-order valence-corrected chi connectivity index (χ2v) is 6.39. The van der Waals surface area contributed by atoms with Gasteiger partial charge in [-0.1, -0.05) is 28.9 Å². The molecule has 1 N–H and O–H groups in total. The van der Waals surface area contributed by atoms with E-state index in [9.17, 15) is 4.39 Å². The van der Waals surface area contributed by atoms with Gasteiger partial charge in [0.1, 0.15) is 5.82 Å². The van der Waals surface area contributed by atoms with Gasteiger partial charge in [-0.25, -0.2) is 4.39 Å². The predicted octanol–water partition coefficient (Wildman–Crippen LogP) is 3.02. The minimum Gasteiger partial charge on any atom is -0.319 e. The fourth-order valence-electron chi connectivity index (χ4n) is 2.72. The molecular formula is C14H20BrFN2. The van der Waals surface area contributed by atoms with Crippen LogP contribution in [-0.2, 0) is 6.54 Å². The van der Waals surface area contributed by atoms with Crippen LogP contribution in [0.4, 0.5) is 4.39 Å². The largest absolute Gasteiger partial charge is 0.319 e. The standard InChI is InChI=1S/C14H20BrFN2/c1-14(9-17-2)5-6-18(10-14)8-11-3-4-12(16)7-13(11)15/h3-4,7,17H,5-6,8-10H2,1-2H3. The van der Waals surface area contributed by atoms with Crippen LogP contribution in [-0.4, -0.2) is 31.6 Å². The molecule has 1 aliphatic rings. The second kappa shape index (κ2) is 5.68. The summed E-state index contributed by atoms with van der Waals surface area (Å²) in [4.78, 5) is 2.44. The van der Waals surface area contributed by atoms with Crippen LogP contribution in [0, 0.1) is 11.2 Å². The van der Waals surface area contributed by atoms with Crippen LogP contribution in [0.3, 0.4) is 0 Å². The van der Waals surface area contributed by atoms with Crippen molar-refractivity contribution in [2.75, 3.05) is 26.7 Å². The first-order valence-corrected chi connectivity index (χ1v) is 7.13. The zero-order valence-corrected chi connectivity index (χ0v) is 12.6. The molecule has 1 unspecified atom stereocenters. The van der Waals surface area contributed by atoms with Gasteiger partial charge in [-0.05, 0) is 43.1 Å². The molecule has 1 fully saturated rings. The monoisotopic (exact) mass is 314 g/mol. The van der Waals surface area contributed by atoms with Gasteiger partial charge >= 0.3 is 0 Å². The topological polar surface area (TPSA) is 15.3 Å². The van der Waals surface area contributed by atoms with Gasteiger partial charge in [0.2, 0.25) is 0 Å². The minimum absolute atomic E-state index is 0.188. The van der Waals surface area contributed by atoms with Crippen LogP contribution in [0.5, 0.6) is 0 Å². The van der Waals surface area contributed by atoms with E-state index in [0.29, 0.717) is 5.41 Å². The van der Waals surface area contributed by atoms with Gasteiger partial charge in [-0.15, -0.1) is 0 Å². The van der Waals surface area contributed by atoms with Gasteiger partial charge in [-0.2, -0.15) is 0 Å². The Hall–Kier alpha value is -0.450. The number of nitrogens with one attached hydrogen (secondary N) is 1. The summed E-state index contributed by atoms with van der Waals surface area (Å²) in [6.07, 6.45) is 1.21. The van der Waals surface area contributed by atoms with Crippen LogP contribution in [0.1, 0.15) is 18.9 Å². The lowest BCUT2D eigenvalue weighted by Crippen LogP contribution is -2.32. The maximum atomic E-state index is 13.0. The molecule has 0 saturated carbocycles. The summed E-state index contributed by atoms with van der Waals surface area (Å²) in [5.41, 5.74) is 1.52. The third-order valence-electron chi connectivity index (χ3n) is 3.65. The highest BCUT2D eigenvalue weighted by molar-refractivity contribution is 9.10. The van der Waals surface area contributed by atoms with E-state index in [4.69, 9.17) is 0 Å². The number of hydrogen-bond donors (Lipinski definition) is 1. The molecular weight excluding hydrogens is 295 g/mol. The molecule has 1 aromatic rings. The molecule has 0 bridgehead atoms. The summed E-state index contributed by atoms with van der Waals surface area (Å²) in [5, 5.41) is 3.27. The molecule has 1 heterocycles. The summed E-state index contributed by atoms with van der Waals surface area (Å²) < 4.78 is 13.9. The van der Waals surface area contributed by atoms with E-state index in [1.54, 1.807) is 0 Å². The van der Waals surface area contributed by atoms with E-state index < -0.39 is 0 Å². The van der Waals surface area contributed by atoms with Crippen molar-refractivity contribution >= 4 is 15.9 Å². The smallest absolute Gasteiger partial charge is 0.124 e. The van der Waals surface area contributed by atoms with Crippen LogP contribution < -0.4 is 5.32 Å². The van der Waals surface area contributed by atoms with Crippen molar-refractivity contribution in [3.8, 4) is 0 Å². The summed E-state index contributed by atoms with van der Waals surface area (Å²) >= 11 is 3.43. The Morgan fingerprint density at radius 1 is 1.50 bits per heavy atom. The highest BCUT2D eigenvalue weighted by atomic mass is 79.9. The van der Waals surface area contributed by atoms with Crippen LogP contribution in [0.25, 0.3) is 0 Å². The molecule has 0 amide bonds. The molecule has 0 aliphatic carbocycles. The normalized spacial score (nSPS) is 24.7. The van der Waals surface area contributed by atoms with E-state index >= 15 is 0 Å². The molecule has 0 aromatic heterocycles. The Kier molecular flexibility index (Phi) is 4.41. The SMILES string of the molecule is CNCC1(C)CCN(Cc2ccc(F)cc2Br)C1. The Labute approximate surface area is 117 Å². The zero-order valence-electron chi connectivity index (χ0n) is 11.0. The van der Waals surface area contributed by atoms with E-state index in [1.165, 1.54) is 18.6 Å². The fourth-order valence-corrected chi connectivity index (χ4v) is 3.20. The van der Waals surface area contributed by atoms with E-state index in [2.05, 4.69) is 33.1 Å². The van der Waals surface area contributed by atoms with Gasteiger partial charge in [0.15, 0.2) is 0 Å². The molecule has 1 saturated heterocycles. The molecule has 4 heteroatoms. The van der Waals surface area contributed by atoms with Crippen molar-refractivity contribution in [2.24, 2.45) is 5.41 Å². The average molecular weight is 315 g/mol. The number of benzene rings is 1. The highest BCUT2D eigenvalue weighted by Gasteiger charge is 2.32. The van der Waals surface area contributed by atoms with Crippen LogP contribution in [0.15, 0.2) is 22.7 Å². The summed E-state index contributed by atoms with van der Waals surface area (Å²) in [5.74, 6) is -0.188. The molecule has 18 heavy (non-hydrogen) atoms. The second-order valence-electron chi connectivity index (χ2n) is 5.54. The van der Waals surface area contributed by atoms with Crippen molar-refractivity contribution < 1.29 is 4.39 Å². The van der Waals surface area contributed by atoms with Crippen molar-refractivity contribution in [1.29, 1.82) is 0 Å². The van der Waals surface area contributed by atoms with Crippen molar-refractivity contribution in [1.82, 2.24) is 10.2 Å². The average Bonchev–Trinajstić information content (AvgIpc) is 2.65. The summed E-state index contributed by atoms with van der Waals surface area (Å²) in [6, 6.07) is 4.94. The predicted molar refractivity (Wildman–Crippen MR) is 76.0 cm³/mol. The summed E-state index contributed by atoms with van der Waals surface area (Å²) in [7, 11) is 2.00. The maximum absolute atomic E-state index is 13.0. The Balaban J connectivity index is 1.99. The first-order valence-electron chi connectivity index (χ1n) is 6.33. The van der Waals surface area contributed by atoms with Gasteiger partial charge in [0.05, 0.1) is 0 Å². The lowest BCUT2D eigenvalue weighted by atomic mass is 9.90. The molecule has 1 atom stereocenters. The van der Waals surface area contributed by atoms with Gasteiger partial charge in [0, 0.05) is 24.1 Å².